The molecule has 1 aliphatic heterocycles. The van der Waals surface area contributed by atoms with Gasteiger partial charge in [0.2, 0.25) is 5.96 Å². The Labute approximate surface area is 172 Å². The highest BCUT2D eigenvalue weighted by atomic mass is 32.1. The fourth-order valence-corrected chi connectivity index (χ4v) is 5.13. The van der Waals surface area contributed by atoms with Crippen LogP contribution in [0.5, 0.6) is 0 Å². The number of carbonyl (C=O) groups is 1. The number of fused-ring (bicyclic) bond motifs is 2. The van der Waals surface area contributed by atoms with Crippen LogP contribution < -0.4 is 10.6 Å². The van der Waals surface area contributed by atoms with Crippen LogP contribution in [0.2, 0.25) is 0 Å². The summed E-state index contributed by atoms with van der Waals surface area (Å²) in [6.07, 6.45) is 2.69. The minimum atomic E-state index is -0.283. The lowest BCUT2D eigenvalue weighted by molar-refractivity contribution is -0.124. The largest absolute Gasteiger partial charge is 0.423 e. The molecule has 0 bridgehead atoms. The van der Waals surface area contributed by atoms with Gasteiger partial charge in [-0.15, -0.1) is 11.3 Å². The number of Topliss-reactive ketones (excluding diaryl/α,β-unsaturated/α-hetero) is 1. The van der Waals surface area contributed by atoms with Crippen molar-refractivity contribution >= 4 is 40.2 Å². The van der Waals surface area contributed by atoms with E-state index in [0.29, 0.717) is 24.0 Å². The molecule has 0 fully saturated rings. The summed E-state index contributed by atoms with van der Waals surface area (Å²) in [6, 6.07) is 9.81. The van der Waals surface area contributed by atoms with Crippen molar-refractivity contribution in [2.45, 2.75) is 33.2 Å². The molecule has 1 aliphatic carbocycles. The van der Waals surface area contributed by atoms with Gasteiger partial charge in [-0.05, 0) is 41.5 Å². The molecule has 29 heavy (non-hydrogen) atoms. The summed E-state index contributed by atoms with van der Waals surface area (Å²) in [5.74, 6) is 0.486. The van der Waals surface area contributed by atoms with Crippen LogP contribution in [0.25, 0.3) is 11.1 Å². The van der Waals surface area contributed by atoms with Gasteiger partial charge in [0.25, 0.3) is 0 Å². The maximum Gasteiger partial charge on any atom is 0.302 e. The van der Waals surface area contributed by atoms with Gasteiger partial charge in [0.05, 0.1) is 5.92 Å². The molecule has 6 nitrogen and oxygen atoms in total. The quantitative estimate of drug-likeness (QED) is 0.638. The van der Waals surface area contributed by atoms with Crippen LogP contribution in [0.15, 0.2) is 56.9 Å². The van der Waals surface area contributed by atoms with Crippen LogP contribution in [0.3, 0.4) is 0 Å². The molecule has 1 aromatic carbocycles. The molecule has 0 unspecified atom stereocenters. The smallest absolute Gasteiger partial charge is 0.302 e. The van der Waals surface area contributed by atoms with Crippen molar-refractivity contribution in [2.24, 2.45) is 16.3 Å². The highest BCUT2D eigenvalue weighted by molar-refractivity contribution is 7.10. The molecule has 0 radical (unpaired) electrons. The zero-order valence-corrected chi connectivity index (χ0v) is 17.3. The molecular formula is C22H22N4O2S. The van der Waals surface area contributed by atoms with E-state index in [2.05, 4.69) is 53.9 Å². The van der Waals surface area contributed by atoms with Gasteiger partial charge in [-0.25, -0.2) is 4.99 Å². The second kappa shape index (κ2) is 6.56. The highest BCUT2D eigenvalue weighted by Crippen LogP contribution is 2.44. The lowest BCUT2D eigenvalue weighted by Gasteiger charge is -2.38. The van der Waals surface area contributed by atoms with Gasteiger partial charge in [-0.2, -0.15) is 4.98 Å². The van der Waals surface area contributed by atoms with Crippen LogP contribution >= 0.6 is 11.3 Å². The van der Waals surface area contributed by atoms with Crippen molar-refractivity contribution in [2.75, 3.05) is 5.32 Å². The number of oxazole rings is 1. The Balaban J connectivity index is 1.56. The van der Waals surface area contributed by atoms with Crippen LogP contribution in [-0.2, 0) is 4.79 Å². The van der Waals surface area contributed by atoms with E-state index >= 15 is 0 Å². The summed E-state index contributed by atoms with van der Waals surface area (Å²) in [4.78, 5) is 23.5. The zero-order chi connectivity index (χ0) is 20.2. The summed E-state index contributed by atoms with van der Waals surface area (Å²) >= 11 is 1.64. The first-order chi connectivity index (χ1) is 13.9. The number of ketones is 1. The van der Waals surface area contributed by atoms with Crippen LogP contribution in [0.1, 0.15) is 36.8 Å². The first-order valence-corrected chi connectivity index (χ1v) is 10.5. The van der Waals surface area contributed by atoms with E-state index in [-0.39, 0.29) is 23.2 Å². The number of thiophene rings is 1. The molecule has 2 aromatic heterocycles. The number of allylic oxidation sites excluding steroid dienone is 1. The number of nitrogens with zero attached hydrogens (tertiary/aromatic N) is 2. The molecule has 0 saturated heterocycles. The van der Waals surface area contributed by atoms with E-state index < -0.39 is 0 Å². The van der Waals surface area contributed by atoms with Gasteiger partial charge in [-0.1, -0.05) is 32.1 Å². The van der Waals surface area contributed by atoms with E-state index in [1.807, 2.05) is 24.3 Å². The average Bonchev–Trinajstić information content (AvgIpc) is 3.24. The topological polar surface area (TPSA) is 79.5 Å². The summed E-state index contributed by atoms with van der Waals surface area (Å²) in [5, 5.41) is 8.55. The third kappa shape index (κ3) is 3.25. The Bertz CT molecular complexity index is 1140. The number of para-hydroxylation sites is 2. The molecule has 7 heteroatoms. The molecule has 148 valence electrons. The number of aromatic nitrogens is 1. The van der Waals surface area contributed by atoms with E-state index in [4.69, 9.17) is 9.41 Å². The maximum atomic E-state index is 13.0. The van der Waals surface area contributed by atoms with E-state index in [0.717, 1.165) is 21.7 Å². The second-order valence-electron chi connectivity index (χ2n) is 8.34. The number of guanidine groups is 1. The Morgan fingerprint density at radius 1 is 1.28 bits per heavy atom. The van der Waals surface area contributed by atoms with Crippen molar-refractivity contribution in [3.05, 3.63) is 57.9 Å². The summed E-state index contributed by atoms with van der Waals surface area (Å²) < 4.78 is 5.79. The molecule has 0 saturated carbocycles. The van der Waals surface area contributed by atoms with Gasteiger partial charge in [0.15, 0.2) is 5.58 Å². The lowest BCUT2D eigenvalue weighted by atomic mass is 9.73. The summed E-state index contributed by atoms with van der Waals surface area (Å²) in [6.45, 7) is 6.24. The van der Waals surface area contributed by atoms with Gasteiger partial charge in [-0.3, -0.25) is 10.1 Å². The van der Waals surface area contributed by atoms with Crippen molar-refractivity contribution in [3.63, 3.8) is 0 Å². The number of hydrogen-bond donors (Lipinski definition) is 2. The van der Waals surface area contributed by atoms with Crippen LogP contribution in [-0.4, -0.2) is 16.7 Å². The minimum absolute atomic E-state index is 0.189. The molecule has 2 atom stereocenters. The predicted molar refractivity (Wildman–Crippen MR) is 115 cm³/mol. The number of carbonyl (C=O) groups excluding carboxylic acids is 1. The first kappa shape index (κ1) is 18.1. The standard InChI is InChI=1S/C22H22N4O2S/c1-12-8-9-29-19(12)18-17-14(10-22(2,3)11-15(17)27)23-20(25-18)26-21-24-13-6-4-5-7-16(13)28-21/h4-10,17-18H,11H2,1-3H3,(H2,23,24,25,26)/t17-,18+/m1/s1. The Morgan fingerprint density at radius 3 is 2.86 bits per heavy atom. The number of anilines is 1. The average molecular weight is 407 g/mol. The number of rotatable bonds is 2. The second-order valence-corrected chi connectivity index (χ2v) is 9.28. The van der Waals surface area contributed by atoms with Gasteiger partial charge in [0.1, 0.15) is 17.3 Å². The molecule has 2 N–H and O–H groups in total. The van der Waals surface area contributed by atoms with E-state index in [9.17, 15) is 4.79 Å². The zero-order valence-electron chi connectivity index (χ0n) is 16.5. The van der Waals surface area contributed by atoms with E-state index in [1.54, 1.807) is 11.3 Å². The lowest BCUT2D eigenvalue weighted by Crippen LogP contribution is -2.45. The minimum Gasteiger partial charge on any atom is -0.423 e. The van der Waals surface area contributed by atoms with Crippen LogP contribution in [0.4, 0.5) is 6.01 Å². The number of nitrogens with one attached hydrogen (secondary N) is 2. The SMILES string of the molecule is Cc1ccsc1[C@H]1N=C(Nc2nc3ccccc3o2)NC2=CC(C)(C)CC(=O)[C@@H]21. The third-order valence-electron chi connectivity index (χ3n) is 5.39. The number of hydrogen-bond acceptors (Lipinski definition) is 7. The van der Waals surface area contributed by atoms with Gasteiger partial charge >= 0.3 is 6.01 Å². The Hall–Kier alpha value is -2.93. The maximum absolute atomic E-state index is 13.0. The molecule has 3 aromatic rings. The van der Waals surface area contributed by atoms with Crippen molar-refractivity contribution in [1.82, 2.24) is 10.3 Å². The fourth-order valence-electron chi connectivity index (χ4n) is 4.12. The van der Waals surface area contributed by atoms with Crippen molar-refractivity contribution < 1.29 is 9.21 Å². The molecule has 3 heterocycles. The highest BCUT2D eigenvalue weighted by Gasteiger charge is 2.43. The summed E-state index contributed by atoms with van der Waals surface area (Å²) in [5.41, 5.74) is 3.36. The molecule has 0 spiro atoms. The predicted octanol–water partition coefficient (Wildman–Crippen LogP) is 4.81. The normalized spacial score (nSPS) is 23.2. The molecule has 5 rings (SSSR count). The van der Waals surface area contributed by atoms with Gasteiger partial charge in [0, 0.05) is 17.0 Å². The molecule has 0 amide bonds. The number of aryl methyl sites for hydroxylation is 1. The summed E-state index contributed by atoms with van der Waals surface area (Å²) in [7, 11) is 0. The number of aliphatic imine (C=N–C) groups is 1. The number of benzene rings is 1. The van der Waals surface area contributed by atoms with Crippen LogP contribution in [0, 0.1) is 18.3 Å². The van der Waals surface area contributed by atoms with Gasteiger partial charge < -0.3 is 9.73 Å². The molecular weight excluding hydrogens is 384 g/mol. The first-order valence-electron chi connectivity index (χ1n) is 9.66. The third-order valence-corrected chi connectivity index (χ3v) is 6.48. The Kier molecular flexibility index (Phi) is 4.10. The van der Waals surface area contributed by atoms with E-state index in [1.165, 1.54) is 0 Å². The monoisotopic (exact) mass is 406 g/mol. The fraction of sp³-hybridized carbons (Fsp3) is 0.318. The van der Waals surface area contributed by atoms with Crippen molar-refractivity contribution in [1.29, 1.82) is 0 Å². The van der Waals surface area contributed by atoms with Crippen molar-refractivity contribution in [3.8, 4) is 0 Å². The Morgan fingerprint density at radius 2 is 2.10 bits per heavy atom. The molecule has 2 aliphatic rings.